The zero-order chi connectivity index (χ0) is 8.81. The van der Waals surface area contributed by atoms with Crippen molar-refractivity contribution in [3.05, 3.63) is 0 Å². The van der Waals surface area contributed by atoms with E-state index in [9.17, 15) is 4.79 Å². The van der Waals surface area contributed by atoms with Gasteiger partial charge in [-0.1, -0.05) is 12.8 Å². The van der Waals surface area contributed by atoms with Gasteiger partial charge in [-0.3, -0.25) is 4.79 Å². The number of halogens is 1. The van der Waals surface area contributed by atoms with Crippen LogP contribution in [0.4, 0.5) is 0 Å². The molecule has 2 nitrogen and oxygen atoms in total. The maximum atomic E-state index is 11.0. The molecule has 1 N–H and O–H groups in total. The Morgan fingerprint density at radius 1 is 1.50 bits per heavy atom. The van der Waals surface area contributed by atoms with E-state index in [0.29, 0.717) is 12.3 Å². The average molecular weight is 190 g/mol. The third-order valence-electron chi connectivity index (χ3n) is 2.11. The summed E-state index contributed by atoms with van der Waals surface area (Å²) in [7, 11) is 0. The van der Waals surface area contributed by atoms with Crippen LogP contribution in [-0.2, 0) is 4.79 Å². The molecule has 3 heteroatoms. The maximum absolute atomic E-state index is 11.0. The first-order chi connectivity index (χ1) is 5.83. The first kappa shape index (κ1) is 9.85. The molecule has 0 spiro atoms. The van der Waals surface area contributed by atoms with Crippen molar-refractivity contribution in [2.45, 2.75) is 32.1 Å². The summed E-state index contributed by atoms with van der Waals surface area (Å²) in [5.41, 5.74) is 0. The van der Waals surface area contributed by atoms with Crippen LogP contribution < -0.4 is 5.32 Å². The second-order valence-corrected chi connectivity index (χ2v) is 3.75. The Morgan fingerprint density at radius 3 is 2.83 bits per heavy atom. The average Bonchev–Trinajstić information content (AvgIpc) is 2.84. The van der Waals surface area contributed by atoms with Gasteiger partial charge in [0.1, 0.15) is 0 Å². The largest absolute Gasteiger partial charge is 0.356 e. The summed E-state index contributed by atoms with van der Waals surface area (Å²) in [5, 5.41) is 2.89. The second kappa shape index (κ2) is 5.41. The van der Waals surface area contributed by atoms with Crippen molar-refractivity contribution in [3.8, 4) is 0 Å². The van der Waals surface area contributed by atoms with Gasteiger partial charge < -0.3 is 5.32 Å². The standard InChI is InChI=1S/C9H16ClNO/c10-6-1-2-9(12)11-7-5-8-3-4-8/h8H,1-7H2,(H,11,12). The molecule has 0 aromatic heterocycles. The van der Waals surface area contributed by atoms with Crippen LogP contribution in [-0.4, -0.2) is 18.3 Å². The molecule has 0 aromatic rings. The minimum absolute atomic E-state index is 0.149. The number of rotatable bonds is 6. The molecule has 12 heavy (non-hydrogen) atoms. The number of carbonyl (C=O) groups excluding carboxylic acids is 1. The normalized spacial score (nSPS) is 16.1. The van der Waals surface area contributed by atoms with E-state index in [0.717, 1.165) is 25.3 Å². The molecule has 0 radical (unpaired) electrons. The van der Waals surface area contributed by atoms with Crippen molar-refractivity contribution >= 4 is 17.5 Å². The van der Waals surface area contributed by atoms with E-state index in [1.54, 1.807) is 0 Å². The highest BCUT2D eigenvalue weighted by Crippen LogP contribution is 2.31. The molecule has 1 aliphatic rings. The summed E-state index contributed by atoms with van der Waals surface area (Å²) >= 11 is 5.46. The first-order valence-corrected chi connectivity index (χ1v) is 5.19. The Balaban J connectivity index is 1.86. The molecule has 0 unspecified atom stereocenters. The van der Waals surface area contributed by atoms with Gasteiger partial charge in [0.05, 0.1) is 0 Å². The summed E-state index contributed by atoms with van der Waals surface area (Å²) in [4.78, 5) is 11.0. The SMILES string of the molecule is O=C(CCCCl)NCCC1CC1. The van der Waals surface area contributed by atoms with Gasteiger partial charge in [-0.25, -0.2) is 0 Å². The zero-order valence-electron chi connectivity index (χ0n) is 7.31. The van der Waals surface area contributed by atoms with Gasteiger partial charge in [0.2, 0.25) is 5.91 Å². The van der Waals surface area contributed by atoms with E-state index in [1.165, 1.54) is 12.8 Å². The fourth-order valence-electron chi connectivity index (χ4n) is 1.14. The van der Waals surface area contributed by atoms with Gasteiger partial charge in [-0.15, -0.1) is 11.6 Å². The van der Waals surface area contributed by atoms with E-state index in [-0.39, 0.29) is 5.91 Å². The molecular formula is C9H16ClNO. The second-order valence-electron chi connectivity index (χ2n) is 3.37. The minimum Gasteiger partial charge on any atom is -0.356 e. The third kappa shape index (κ3) is 4.60. The number of hydrogen-bond acceptors (Lipinski definition) is 1. The van der Waals surface area contributed by atoms with Gasteiger partial charge in [0.25, 0.3) is 0 Å². The van der Waals surface area contributed by atoms with Crippen LogP contribution in [0.2, 0.25) is 0 Å². The molecule has 1 amide bonds. The molecule has 0 aliphatic heterocycles. The van der Waals surface area contributed by atoms with Crippen molar-refractivity contribution in [3.63, 3.8) is 0 Å². The summed E-state index contributed by atoms with van der Waals surface area (Å²) in [5.74, 6) is 1.63. The van der Waals surface area contributed by atoms with Gasteiger partial charge in [-0.05, 0) is 18.8 Å². The number of nitrogens with one attached hydrogen (secondary N) is 1. The highest BCUT2D eigenvalue weighted by molar-refractivity contribution is 6.17. The van der Waals surface area contributed by atoms with Gasteiger partial charge in [0, 0.05) is 18.8 Å². The molecule has 1 aliphatic carbocycles. The van der Waals surface area contributed by atoms with E-state index in [2.05, 4.69) is 5.32 Å². The topological polar surface area (TPSA) is 29.1 Å². The molecule has 0 atom stereocenters. The van der Waals surface area contributed by atoms with Crippen LogP contribution >= 0.6 is 11.6 Å². The maximum Gasteiger partial charge on any atom is 0.220 e. The lowest BCUT2D eigenvalue weighted by Crippen LogP contribution is -2.24. The number of carbonyl (C=O) groups is 1. The Bertz CT molecular complexity index is 145. The van der Waals surface area contributed by atoms with E-state index in [1.807, 2.05) is 0 Å². The highest BCUT2D eigenvalue weighted by atomic mass is 35.5. The minimum atomic E-state index is 0.149. The van der Waals surface area contributed by atoms with Gasteiger partial charge in [-0.2, -0.15) is 0 Å². The molecule has 0 aromatic carbocycles. The molecule has 70 valence electrons. The van der Waals surface area contributed by atoms with E-state index in [4.69, 9.17) is 11.6 Å². The lowest BCUT2D eigenvalue weighted by atomic mass is 10.3. The van der Waals surface area contributed by atoms with Crippen molar-refractivity contribution in [2.24, 2.45) is 5.92 Å². The summed E-state index contributed by atoms with van der Waals surface area (Å²) in [6, 6.07) is 0. The lowest BCUT2D eigenvalue weighted by Gasteiger charge is -2.02. The van der Waals surface area contributed by atoms with Crippen LogP contribution in [0.15, 0.2) is 0 Å². The Labute approximate surface area is 78.7 Å². The number of hydrogen-bond donors (Lipinski definition) is 1. The smallest absolute Gasteiger partial charge is 0.220 e. The van der Waals surface area contributed by atoms with Gasteiger partial charge >= 0.3 is 0 Å². The summed E-state index contributed by atoms with van der Waals surface area (Å²) in [6.07, 6.45) is 5.24. The van der Waals surface area contributed by atoms with Crippen LogP contribution in [0.3, 0.4) is 0 Å². The fraction of sp³-hybridized carbons (Fsp3) is 0.889. The lowest BCUT2D eigenvalue weighted by molar-refractivity contribution is -0.121. The first-order valence-electron chi connectivity index (χ1n) is 4.65. The third-order valence-corrected chi connectivity index (χ3v) is 2.38. The number of amides is 1. The molecule has 1 fully saturated rings. The Hall–Kier alpha value is -0.240. The fourth-order valence-corrected chi connectivity index (χ4v) is 1.27. The zero-order valence-corrected chi connectivity index (χ0v) is 8.07. The van der Waals surface area contributed by atoms with E-state index < -0.39 is 0 Å². The summed E-state index contributed by atoms with van der Waals surface area (Å²) in [6.45, 7) is 0.853. The van der Waals surface area contributed by atoms with Crippen LogP contribution in [0.25, 0.3) is 0 Å². The Kier molecular flexibility index (Phi) is 4.44. The van der Waals surface area contributed by atoms with Crippen molar-refractivity contribution in [1.82, 2.24) is 5.32 Å². The van der Waals surface area contributed by atoms with Crippen LogP contribution in [0.1, 0.15) is 32.1 Å². The van der Waals surface area contributed by atoms with Crippen molar-refractivity contribution < 1.29 is 4.79 Å². The molecule has 1 saturated carbocycles. The summed E-state index contributed by atoms with van der Waals surface area (Å²) < 4.78 is 0. The monoisotopic (exact) mass is 189 g/mol. The predicted octanol–water partition coefficient (Wildman–Crippen LogP) is 1.92. The molecule has 0 heterocycles. The van der Waals surface area contributed by atoms with Crippen molar-refractivity contribution in [1.29, 1.82) is 0 Å². The van der Waals surface area contributed by atoms with E-state index >= 15 is 0 Å². The van der Waals surface area contributed by atoms with Gasteiger partial charge in [0.15, 0.2) is 0 Å². The quantitative estimate of drug-likeness (QED) is 0.636. The number of alkyl halides is 1. The highest BCUT2D eigenvalue weighted by Gasteiger charge is 2.20. The molecule has 0 bridgehead atoms. The predicted molar refractivity (Wildman–Crippen MR) is 50.3 cm³/mol. The van der Waals surface area contributed by atoms with Crippen LogP contribution in [0.5, 0.6) is 0 Å². The van der Waals surface area contributed by atoms with Crippen LogP contribution in [0, 0.1) is 5.92 Å². The molecule has 0 saturated heterocycles. The molecular weight excluding hydrogens is 174 g/mol. The van der Waals surface area contributed by atoms with Crippen molar-refractivity contribution in [2.75, 3.05) is 12.4 Å². The molecule has 1 rings (SSSR count). The Morgan fingerprint density at radius 2 is 2.25 bits per heavy atom.